The highest BCUT2D eigenvalue weighted by atomic mass is 79.9. The van der Waals surface area contributed by atoms with Gasteiger partial charge in [-0.05, 0) is 40.9 Å². The normalized spacial score (nSPS) is 17.9. The summed E-state index contributed by atoms with van der Waals surface area (Å²) >= 11 is 3.38. The summed E-state index contributed by atoms with van der Waals surface area (Å²) in [6.07, 6.45) is 5.90. The van der Waals surface area contributed by atoms with E-state index in [0.717, 1.165) is 30.5 Å². The molecule has 0 aliphatic carbocycles. The Morgan fingerprint density at radius 1 is 1.48 bits per heavy atom. The molecular formula is C15H16BrN3O2. The van der Waals surface area contributed by atoms with Gasteiger partial charge in [-0.2, -0.15) is 5.10 Å². The fraction of sp³-hybridized carbons (Fsp3) is 0.333. The summed E-state index contributed by atoms with van der Waals surface area (Å²) in [5.74, 6) is -0.154. The minimum Gasteiger partial charge on any atom is -0.376 e. The van der Waals surface area contributed by atoms with E-state index in [1.807, 2.05) is 29.1 Å². The SMILES string of the molecule is O=C(Nc1cnn(CC2CCCO2)c1)c1ccccc1Br. The number of aromatic nitrogens is 2. The monoisotopic (exact) mass is 349 g/mol. The number of hydrogen-bond acceptors (Lipinski definition) is 3. The Labute approximate surface area is 131 Å². The first kappa shape index (κ1) is 14.3. The highest BCUT2D eigenvalue weighted by molar-refractivity contribution is 9.10. The molecule has 1 unspecified atom stereocenters. The number of nitrogens with zero attached hydrogens (tertiary/aromatic N) is 2. The number of anilines is 1. The van der Waals surface area contributed by atoms with Gasteiger partial charge in [0, 0.05) is 17.3 Å². The number of carbonyl (C=O) groups excluding carboxylic acids is 1. The molecule has 0 radical (unpaired) electrons. The molecule has 21 heavy (non-hydrogen) atoms. The van der Waals surface area contributed by atoms with Crippen LogP contribution in [0.4, 0.5) is 5.69 Å². The van der Waals surface area contributed by atoms with Gasteiger partial charge in [0.15, 0.2) is 0 Å². The Hall–Kier alpha value is -1.66. The van der Waals surface area contributed by atoms with Crippen LogP contribution in [0.15, 0.2) is 41.1 Å². The van der Waals surface area contributed by atoms with E-state index >= 15 is 0 Å². The van der Waals surface area contributed by atoms with E-state index in [4.69, 9.17) is 4.74 Å². The summed E-state index contributed by atoms with van der Waals surface area (Å²) in [5.41, 5.74) is 1.29. The molecule has 0 spiro atoms. The van der Waals surface area contributed by atoms with Crippen LogP contribution in [0.1, 0.15) is 23.2 Å². The van der Waals surface area contributed by atoms with Gasteiger partial charge in [-0.15, -0.1) is 0 Å². The number of benzene rings is 1. The summed E-state index contributed by atoms with van der Waals surface area (Å²) in [5, 5.41) is 7.11. The van der Waals surface area contributed by atoms with E-state index in [-0.39, 0.29) is 12.0 Å². The molecule has 3 rings (SSSR count). The summed E-state index contributed by atoms with van der Waals surface area (Å²) in [7, 11) is 0. The average molecular weight is 350 g/mol. The third kappa shape index (κ3) is 3.51. The second-order valence-electron chi connectivity index (χ2n) is 5.02. The zero-order chi connectivity index (χ0) is 14.7. The van der Waals surface area contributed by atoms with Crippen molar-refractivity contribution in [2.24, 2.45) is 0 Å². The molecule has 1 aromatic heterocycles. The molecule has 1 N–H and O–H groups in total. The number of rotatable bonds is 4. The van der Waals surface area contributed by atoms with Crippen molar-refractivity contribution < 1.29 is 9.53 Å². The molecule has 0 bridgehead atoms. The molecule has 1 atom stereocenters. The first-order valence-electron chi connectivity index (χ1n) is 6.92. The van der Waals surface area contributed by atoms with Crippen LogP contribution in [-0.4, -0.2) is 28.4 Å². The maximum atomic E-state index is 12.2. The average Bonchev–Trinajstić information content (AvgIpc) is 3.12. The van der Waals surface area contributed by atoms with Gasteiger partial charge in [-0.1, -0.05) is 12.1 Å². The van der Waals surface area contributed by atoms with Crippen LogP contribution in [-0.2, 0) is 11.3 Å². The molecule has 1 saturated heterocycles. The molecule has 110 valence electrons. The van der Waals surface area contributed by atoms with Crippen LogP contribution in [0.3, 0.4) is 0 Å². The van der Waals surface area contributed by atoms with E-state index in [9.17, 15) is 4.79 Å². The highest BCUT2D eigenvalue weighted by Crippen LogP contribution is 2.18. The Kier molecular flexibility index (Phi) is 4.36. The van der Waals surface area contributed by atoms with Crippen LogP contribution < -0.4 is 5.32 Å². The third-order valence-corrected chi connectivity index (χ3v) is 4.12. The molecule has 1 fully saturated rings. The van der Waals surface area contributed by atoms with E-state index in [2.05, 4.69) is 26.3 Å². The molecule has 1 amide bonds. The van der Waals surface area contributed by atoms with Crippen molar-refractivity contribution in [1.29, 1.82) is 0 Å². The van der Waals surface area contributed by atoms with E-state index in [1.165, 1.54) is 0 Å². The van der Waals surface area contributed by atoms with E-state index in [1.54, 1.807) is 12.3 Å². The minimum atomic E-state index is -0.154. The molecule has 0 saturated carbocycles. The van der Waals surface area contributed by atoms with Gasteiger partial charge in [0.05, 0.1) is 30.1 Å². The second kappa shape index (κ2) is 6.41. The Morgan fingerprint density at radius 3 is 3.10 bits per heavy atom. The van der Waals surface area contributed by atoms with Gasteiger partial charge < -0.3 is 10.1 Å². The molecule has 2 aromatic rings. The summed E-state index contributed by atoms with van der Waals surface area (Å²) in [6, 6.07) is 7.33. The summed E-state index contributed by atoms with van der Waals surface area (Å²) < 4.78 is 8.16. The molecule has 5 nitrogen and oxygen atoms in total. The van der Waals surface area contributed by atoms with Crippen molar-refractivity contribution in [3.63, 3.8) is 0 Å². The Bertz CT molecular complexity index is 635. The molecule has 6 heteroatoms. The molecule has 1 aliphatic heterocycles. The smallest absolute Gasteiger partial charge is 0.256 e. The van der Waals surface area contributed by atoms with E-state index in [0.29, 0.717) is 11.3 Å². The maximum Gasteiger partial charge on any atom is 0.256 e. The highest BCUT2D eigenvalue weighted by Gasteiger charge is 2.17. The second-order valence-corrected chi connectivity index (χ2v) is 5.87. The zero-order valence-corrected chi connectivity index (χ0v) is 13.0. The number of nitrogens with one attached hydrogen (secondary N) is 1. The fourth-order valence-corrected chi connectivity index (χ4v) is 2.83. The zero-order valence-electron chi connectivity index (χ0n) is 11.5. The standard InChI is InChI=1S/C15H16BrN3O2/c16-14-6-2-1-5-13(14)15(20)18-11-8-17-19(9-11)10-12-4-3-7-21-12/h1-2,5-6,8-9,12H,3-4,7,10H2,(H,18,20). The topological polar surface area (TPSA) is 56.2 Å². The van der Waals surface area contributed by atoms with Crippen molar-refractivity contribution in [1.82, 2.24) is 9.78 Å². The Morgan fingerprint density at radius 2 is 2.33 bits per heavy atom. The van der Waals surface area contributed by atoms with Gasteiger partial charge in [0.1, 0.15) is 0 Å². The first-order valence-corrected chi connectivity index (χ1v) is 7.71. The largest absolute Gasteiger partial charge is 0.376 e. The third-order valence-electron chi connectivity index (χ3n) is 3.42. The number of ether oxygens (including phenoxy) is 1. The maximum absolute atomic E-state index is 12.2. The molecule has 1 aliphatic rings. The first-order chi connectivity index (χ1) is 10.2. The van der Waals surface area contributed by atoms with Gasteiger partial charge in [0.25, 0.3) is 5.91 Å². The lowest BCUT2D eigenvalue weighted by atomic mass is 10.2. The fourth-order valence-electron chi connectivity index (χ4n) is 2.37. The quantitative estimate of drug-likeness (QED) is 0.922. The van der Waals surface area contributed by atoms with Crippen LogP contribution in [0.2, 0.25) is 0 Å². The van der Waals surface area contributed by atoms with Gasteiger partial charge in [0.2, 0.25) is 0 Å². The number of carbonyl (C=O) groups is 1. The Balaban J connectivity index is 1.64. The van der Waals surface area contributed by atoms with Crippen LogP contribution in [0.25, 0.3) is 0 Å². The van der Waals surface area contributed by atoms with Crippen LogP contribution in [0, 0.1) is 0 Å². The van der Waals surface area contributed by atoms with Gasteiger partial charge in [-0.25, -0.2) is 0 Å². The van der Waals surface area contributed by atoms with Gasteiger partial charge in [-0.3, -0.25) is 9.48 Å². The van der Waals surface area contributed by atoms with Crippen LogP contribution >= 0.6 is 15.9 Å². The lowest BCUT2D eigenvalue weighted by Crippen LogP contribution is -2.15. The van der Waals surface area contributed by atoms with Crippen molar-refractivity contribution in [3.8, 4) is 0 Å². The predicted molar refractivity (Wildman–Crippen MR) is 83.3 cm³/mol. The van der Waals surface area contributed by atoms with Crippen LogP contribution in [0.5, 0.6) is 0 Å². The molecule has 1 aromatic carbocycles. The summed E-state index contributed by atoms with van der Waals surface area (Å²) in [4.78, 5) is 12.2. The number of halogens is 1. The van der Waals surface area contributed by atoms with Gasteiger partial charge >= 0.3 is 0 Å². The minimum absolute atomic E-state index is 0.154. The molecule has 2 heterocycles. The van der Waals surface area contributed by atoms with Crippen molar-refractivity contribution >= 4 is 27.5 Å². The lowest BCUT2D eigenvalue weighted by Gasteiger charge is -2.08. The predicted octanol–water partition coefficient (Wildman–Crippen LogP) is 3.08. The molecular weight excluding hydrogens is 334 g/mol. The lowest BCUT2D eigenvalue weighted by molar-refractivity contribution is 0.0940. The van der Waals surface area contributed by atoms with Crippen molar-refractivity contribution in [3.05, 3.63) is 46.7 Å². The van der Waals surface area contributed by atoms with E-state index < -0.39 is 0 Å². The number of amides is 1. The summed E-state index contributed by atoms with van der Waals surface area (Å²) in [6.45, 7) is 1.56. The van der Waals surface area contributed by atoms with Crippen molar-refractivity contribution in [2.45, 2.75) is 25.5 Å². The number of hydrogen-bond donors (Lipinski definition) is 1. The van der Waals surface area contributed by atoms with Crippen molar-refractivity contribution in [2.75, 3.05) is 11.9 Å².